The average molecular weight is 202 g/mol. The largest absolute Gasteiger partial charge is 0.313 e. The first kappa shape index (κ1) is 9.79. The molecule has 0 spiro atoms. The number of hydrogen-bond acceptors (Lipinski definition) is 1. The summed E-state index contributed by atoms with van der Waals surface area (Å²) in [5, 5.41) is 4.04. The monoisotopic (exact) mass is 201 g/mol. The summed E-state index contributed by atoms with van der Waals surface area (Å²) >= 11 is 6.16. The van der Waals surface area contributed by atoms with Crippen molar-refractivity contribution in [1.29, 1.82) is 0 Å². The van der Waals surface area contributed by atoms with Crippen LogP contribution in [0.4, 0.5) is 0 Å². The summed E-state index contributed by atoms with van der Waals surface area (Å²) in [6.45, 7) is 5.76. The van der Waals surface area contributed by atoms with Gasteiger partial charge in [-0.05, 0) is 37.1 Å². The Kier molecular flexibility index (Phi) is 2.59. The highest BCUT2D eigenvalue weighted by Gasteiger charge is 2.46. The molecular formula is C11H20ClN. The Morgan fingerprint density at radius 1 is 1.38 bits per heavy atom. The number of halogens is 1. The second kappa shape index (κ2) is 3.43. The van der Waals surface area contributed by atoms with Gasteiger partial charge in [0.2, 0.25) is 0 Å². The quantitative estimate of drug-likeness (QED) is 0.693. The highest BCUT2D eigenvalue weighted by Crippen LogP contribution is 2.44. The summed E-state index contributed by atoms with van der Waals surface area (Å²) < 4.78 is 0. The van der Waals surface area contributed by atoms with Crippen LogP contribution in [0.15, 0.2) is 0 Å². The maximum atomic E-state index is 6.16. The summed E-state index contributed by atoms with van der Waals surface area (Å²) in [4.78, 5) is 0. The van der Waals surface area contributed by atoms with Gasteiger partial charge in [-0.2, -0.15) is 0 Å². The van der Waals surface area contributed by atoms with E-state index in [1.165, 1.54) is 25.8 Å². The van der Waals surface area contributed by atoms with Crippen LogP contribution >= 0.6 is 11.6 Å². The molecule has 1 N–H and O–H groups in total. The van der Waals surface area contributed by atoms with Crippen LogP contribution in [0.3, 0.4) is 0 Å². The van der Waals surface area contributed by atoms with Crippen LogP contribution in [0.1, 0.15) is 39.5 Å². The minimum atomic E-state index is 0.311. The van der Waals surface area contributed by atoms with E-state index < -0.39 is 0 Å². The van der Waals surface area contributed by atoms with Crippen molar-refractivity contribution in [2.24, 2.45) is 11.3 Å². The maximum absolute atomic E-state index is 6.16. The molecule has 2 heteroatoms. The second-order valence-corrected chi connectivity index (χ2v) is 5.81. The summed E-state index contributed by atoms with van der Waals surface area (Å²) in [5.41, 5.74) is 0.311. The zero-order valence-electron chi connectivity index (χ0n) is 8.65. The van der Waals surface area contributed by atoms with Crippen LogP contribution in [-0.4, -0.2) is 18.0 Å². The first-order chi connectivity index (χ1) is 6.10. The van der Waals surface area contributed by atoms with Crippen molar-refractivity contribution in [1.82, 2.24) is 5.32 Å². The van der Waals surface area contributed by atoms with E-state index in [9.17, 15) is 0 Å². The molecule has 0 bridgehead atoms. The molecule has 0 saturated heterocycles. The lowest BCUT2D eigenvalue weighted by Crippen LogP contribution is -2.58. The Balaban J connectivity index is 1.71. The molecule has 0 aromatic heterocycles. The van der Waals surface area contributed by atoms with Gasteiger partial charge in [0.1, 0.15) is 0 Å². The van der Waals surface area contributed by atoms with Crippen molar-refractivity contribution in [2.45, 2.75) is 50.9 Å². The molecule has 2 fully saturated rings. The number of alkyl halides is 1. The Morgan fingerprint density at radius 2 is 2.08 bits per heavy atom. The van der Waals surface area contributed by atoms with E-state index in [2.05, 4.69) is 19.2 Å². The van der Waals surface area contributed by atoms with Gasteiger partial charge in [-0.15, -0.1) is 11.6 Å². The molecule has 2 atom stereocenters. The van der Waals surface area contributed by atoms with Crippen molar-refractivity contribution in [2.75, 3.05) is 6.54 Å². The Hall–Kier alpha value is 0.250. The zero-order chi connectivity index (χ0) is 9.47. The van der Waals surface area contributed by atoms with Crippen molar-refractivity contribution < 1.29 is 0 Å². The molecule has 13 heavy (non-hydrogen) atoms. The first-order valence-electron chi connectivity index (χ1n) is 5.48. The predicted octanol–water partition coefficient (Wildman–Crippen LogP) is 2.78. The van der Waals surface area contributed by atoms with Gasteiger partial charge >= 0.3 is 0 Å². The molecule has 1 nitrogen and oxygen atoms in total. The van der Waals surface area contributed by atoms with Gasteiger partial charge in [-0.25, -0.2) is 0 Å². The van der Waals surface area contributed by atoms with Crippen LogP contribution in [-0.2, 0) is 0 Å². The molecule has 0 amide bonds. The fourth-order valence-corrected chi connectivity index (χ4v) is 2.55. The first-order valence-corrected chi connectivity index (χ1v) is 5.92. The fourth-order valence-electron chi connectivity index (χ4n) is 2.22. The van der Waals surface area contributed by atoms with Crippen molar-refractivity contribution in [3.63, 3.8) is 0 Å². The summed E-state index contributed by atoms with van der Waals surface area (Å²) in [6, 6.07) is 0.663. The van der Waals surface area contributed by atoms with Gasteiger partial charge in [-0.1, -0.05) is 20.3 Å². The number of rotatable bonds is 3. The van der Waals surface area contributed by atoms with E-state index in [0.717, 1.165) is 12.3 Å². The minimum absolute atomic E-state index is 0.311. The van der Waals surface area contributed by atoms with E-state index >= 15 is 0 Å². The van der Waals surface area contributed by atoms with Crippen LogP contribution < -0.4 is 5.32 Å². The van der Waals surface area contributed by atoms with Crippen LogP contribution in [0.5, 0.6) is 0 Å². The third kappa shape index (κ3) is 1.73. The molecule has 0 radical (unpaired) electrons. The molecule has 0 heterocycles. The van der Waals surface area contributed by atoms with E-state index in [1.54, 1.807) is 0 Å². The van der Waals surface area contributed by atoms with Gasteiger partial charge < -0.3 is 5.32 Å². The Morgan fingerprint density at radius 3 is 2.46 bits per heavy atom. The number of nitrogens with one attached hydrogen (secondary N) is 1. The van der Waals surface area contributed by atoms with E-state index in [4.69, 9.17) is 11.6 Å². The second-order valence-electron chi connectivity index (χ2n) is 5.28. The van der Waals surface area contributed by atoms with Gasteiger partial charge in [0.05, 0.1) is 0 Å². The van der Waals surface area contributed by atoms with E-state index in [1.807, 2.05) is 0 Å². The van der Waals surface area contributed by atoms with Gasteiger partial charge in [-0.3, -0.25) is 0 Å². The zero-order valence-corrected chi connectivity index (χ0v) is 9.40. The molecular weight excluding hydrogens is 182 g/mol. The lowest BCUT2D eigenvalue weighted by Gasteiger charge is -2.50. The maximum Gasteiger partial charge on any atom is 0.0416 e. The molecule has 0 aromatic rings. The number of hydrogen-bond donors (Lipinski definition) is 1. The average Bonchev–Trinajstić information content (AvgIpc) is 2.00. The molecule has 2 saturated carbocycles. The van der Waals surface area contributed by atoms with E-state index in [0.29, 0.717) is 16.8 Å². The fraction of sp³-hybridized carbons (Fsp3) is 1.00. The molecule has 76 valence electrons. The van der Waals surface area contributed by atoms with Crippen molar-refractivity contribution >= 4 is 11.6 Å². The van der Waals surface area contributed by atoms with E-state index in [-0.39, 0.29) is 0 Å². The van der Waals surface area contributed by atoms with Crippen LogP contribution in [0.25, 0.3) is 0 Å². The Bertz CT molecular complexity index is 187. The standard InChI is InChI=1S/C11H20ClN/c1-11(2)9(12)6-10(11)13-7-8-4-3-5-8/h8-10,13H,3-7H2,1-2H3. The van der Waals surface area contributed by atoms with Gasteiger partial charge in [0.15, 0.2) is 0 Å². The lowest BCUT2D eigenvalue weighted by molar-refractivity contribution is 0.106. The molecule has 0 aliphatic heterocycles. The Labute approximate surface area is 86.2 Å². The predicted molar refractivity (Wildman–Crippen MR) is 57.2 cm³/mol. The smallest absolute Gasteiger partial charge is 0.0416 e. The molecule has 2 rings (SSSR count). The minimum Gasteiger partial charge on any atom is -0.313 e. The lowest BCUT2D eigenvalue weighted by atomic mass is 9.66. The SMILES string of the molecule is CC1(C)C(Cl)CC1NCC1CCC1. The van der Waals surface area contributed by atoms with Crippen LogP contribution in [0.2, 0.25) is 0 Å². The summed E-state index contributed by atoms with van der Waals surface area (Å²) in [5.74, 6) is 0.963. The summed E-state index contributed by atoms with van der Waals surface area (Å²) in [6.07, 6.45) is 5.47. The summed E-state index contributed by atoms with van der Waals surface area (Å²) in [7, 11) is 0. The van der Waals surface area contributed by atoms with Crippen LogP contribution in [0, 0.1) is 11.3 Å². The third-order valence-electron chi connectivity index (χ3n) is 4.03. The third-order valence-corrected chi connectivity index (χ3v) is 4.77. The molecule has 2 aliphatic rings. The normalized spacial score (nSPS) is 38.1. The van der Waals surface area contributed by atoms with Crippen molar-refractivity contribution in [3.8, 4) is 0 Å². The highest BCUT2D eigenvalue weighted by atomic mass is 35.5. The molecule has 0 aromatic carbocycles. The highest BCUT2D eigenvalue weighted by molar-refractivity contribution is 6.21. The molecule has 2 aliphatic carbocycles. The van der Waals surface area contributed by atoms with Crippen molar-refractivity contribution in [3.05, 3.63) is 0 Å². The van der Waals surface area contributed by atoms with Gasteiger partial charge in [0, 0.05) is 11.4 Å². The topological polar surface area (TPSA) is 12.0 Å². The molecule has 2 unspecified atom stereocenters. The van der Waals surface area contributed by atoms with Gasteiger partial charge in [0.25, 0.3) is 0 Å².